The fraction of sp³-hybridized carbons (Fsp3) is 0.500. The third kappa shape index (κ3) is 2.85. The number of halogens is 3. The maximum absolute atomic E-state index is 12.8. The summed E-state index contributed by atoms with van der Waals surface area (Å²) in [5.74, 6) is 0. The van der Waals surface area contributed by atoms with Crippen molar-refractivity contribution in [1.82, 2.24) is 10.3 Å². The molecule has 3 rings (SSSR count). The number of anilines is 1. The van der Waals surface area contributed by atoms with Crippen molar-refractivity contribution in [1.29, 1.82) is 0 Å². The Balaban J connectivity index is 1.97. The Hall–Kier alpha value is -1.34. The zero-order chi connectivity index (χ0) is 15.2. The SMILES string of the molecule is C[C@@H]1CN[C@@H](C)CN1c1nc2ccc(C(F)(F)F)cc2s1. The van der Waals surface area contributed by atoms with Gasteiger partial charge < -0.3 is 10.2 Å². The highest BCUT2D eigenvalue weighted by Gasteiger charge is 2.31. The molecule has 0 spiro atoms. The highest BCUT2D eigenvalue weighted by Crippen LogP contribution is 2.36. The predicted molar refractivity (Wildman–Crippen MR) is 78.9 cm³/mol. The van der Waals surface area contributed by atoms with Crippen molar-refractivity contribution < 1.29 is 13.2 Å². The Morgan fingerprint density at radius 1 is 1.33 bits per heavy atom. The zero-order valence-electron chi connectivity index (χ0n) is 11.7. The molecule has 114 valence electrons. The molecular weight excluding hydrogens is 299 g/mol. The molecule has 1 aliphatic rings. The molecule has 1 fully saturated rings. The summed E-state index contributed by atoms with van der Waals surface area (Å²) in [5, 5.41) is 4.18. The van der Waals surface area contributed by atoms with Gasteiger partial charge in [0.2, 0.25) is 0 Å². The third-order valence-corrected chi connectivity index (χ3v) is 4.77. The van der Waals surface area contributed by atoms with Crippen molar-refractivity contribution in [2.24, 2.45) is 0 Å². The normalized spacial score (nSPS) is 23.8. The quantitative estimate of drug-likeness (QED) is 0.873. The van der Waals surface area contributed by atoms with E-state index in [1.807, 2.05) is 0 Å². The molecule has 0 amide bonds. The van der Waals surface area contributed by atoms with Gasteiger partial charge in [-0.3, -0.25) is 0 Å². The Kier molecular flexibility index (Phi) is 3.57. The van der Waals surface area contributed by atoms with Gasteiger partial charge in [0.25, 0.3) is 0 Å². The van der Waals surface area contributed by atoms with Crippen molar-refractivity contribution in [3.8, 4) is 0 Å². The summed E-state index contributed by atoms with van der Waals surface area (Å²) >= 11 is 1.33. The summed E-state index contributed by atoms with van der Waals surface area (Å²) in [6.07, 6.45) is -4.31. The summed E-state index contributed by atoms with van der Waals surface area (Å²) in [5.41, 5.74) is 0.00770. The molecule has 2 aromatic rings. The van der Waals surface area contributed by atoms with E-state index >= 15 is 0 Å². The Morgan fingerprint density at radius 3 is 2.81 bits per heavy atom. The molecule has 1 aliphatic heterocycles. The van der Waals surface area contributed by atoms with Crippen LogP contribution in [0.3, 0.4) is 0 Å². The summed E-state index contributed by atoms with van der Waals surface area (Å²) in [6, 6.07) is 4.36. The molecule has 1 aromatic carbocycles. The number of alkyl halides is 3. The minimum absolute atomic E-state index is 0.281. The zero-order valence-corrected chi connectivity index (χ0v) is 12.6. The lowest BCUT2D eigenvalue weighted by atomic mass is 10.1. The van der Waals surface area contributed by atoms with Gasteiger partial charge in [-0.2, -0.15) is 13.2 Å². The van der Waals surface area contributed by atoms with Crippen LogP contribution in [-0.2, 0) is 6.18 Å². The topological polar surface area (TPSA) is 28.2 Å². The predicted octanol–water partition coefficient (Wildman–Crippen LogP) is 3.50. The van der Waals surface area contributed by atoms with Crippen molar-refractivity contribution in [2.75, 3.05) is 18.0 Å². The first-order valence-electron chi connectivity index (χ1n) is 6.82. The van der Waals surface area contributed by atoms with Crippen molar-refractivity contribution >= 4 is 26.7 Å². The molecule has 0 unspecified atom stereocenters. The number of rotatable bonds is 1. The molecule has 0 aliphatic carbocycles. The second kappa shape index (κ2) is 5.14. The van der Waals surface area contributed by atoms with Gasteiger partial charge in [-0.1, -0.05) is 11.3 Å². The van der Waals surface area contributed by atoms with Gasteiger partial charge in [-0.15, -0.1) is 0 Å². The van der Waals surface area contributed by atoms with Gasteiger partial charge in [0.15, 0.2) is 5.13 Å². The van der Waals surface area contributed by atoms with Gasteiger partial charge in [0.1, 0.15) is 0 Å². The number of aromatic nitrogens is 1. The van der Waals surface area contributed by atoms with Crippen LogP contribution in [0.25, 0.3) is 10.2 Å². The standard InChI is InChI=1S/C14H16F3N3S/c1-8-7-20(9(2)6-18-8)13-19-11-4-3-10(14(15,16)17)5-12(11)21-13/h3-5,8-9,18H,6-7H2,1-2H3/t8-,9+/m0/s1. The molecule has 3 nitrogen and oxygen atoms in total. The van der Waals surface area contributed by atoms with E-state index in [1.165, 1.54) is 23.5 Å². The first-order valence-corrected chi connectivity index (χ1v) is 7.64. The smallest absolute Gasteiger partial charge is 0.343 e. The maximum atomic E-state index is 12.8. The van der Waals surface area contributed by atoms with Crippen molar-refractivity contribution in [3.63, 3.8) is 0 Å². The van der Waals surface area contributed by atoms with Crippen molar-refractivity contribution in [2.45, 2.75) is 32.1 Å². The Bertz CT molecular complexity index is 652. The summed E-state index contributed by atoms with van der Waals surface area (Å²) < 4.78 is 38.8. The number of benzene rings is 1. The average molecular weight is 315 g/mol. The van der Waals surface area contributed by atoms with Gasteiger partial charge in [0.05, 0.1) is 15.8 Å². The number of hydrogen-bond donors (Lipinski definition) is 1. The fourth-order valence-corrected chi connectivity index (χ4v) is 3.62. The first kappa shape index (κ1) is 14.6. The maximum Gasteiger partial charge on any atom is 0.416 e. The number of nitrogens with one attached hydrogen (secondary N) is 1. The highest BCUT2D eigenvalue weighted by atomic mass is 32.1. The summed E-state index contributed by atoms with van der Waals surface area (Å²) in [7, 11) is 0. The van der Waals surface area contributed by atoms with E-state index < -0.39 is 11.7 Å². The first-order chi connectivity index (χ1) is 9.84. The molecule has 1 N–H and O–H groups in total. The Labute approximate surface area is 124 Å². The molecule has 2 atom stereocenters. The number of nitrogens with zero attached hydrogens (tertiary/aromatic N) is 2. The van der Waals surface area contributed by atoms with Crippen LogP contribution in [0.1, 0.15) is 19.4 Å². The second-order valence-electron chi connectivity index (χ2n) is 5.49. The minimum Gasteiger partial charge on any atom is -0.343 e. The van der Waals surface area contributed by atoms with Crippen LogP contribution in [0.4, 0.5) is 18.3 Å². The fourth-order valence-electron chi connectivity index (χ4n) is 2.50. The monoisotopic (exact) mass is 315 g/mol. The van der Waals surface area contributed by atoms with Gasteiger partial charge in [-0.25, -0.2) is 4.98 Å². The highest BCUT2D eigenvalue weighted by molar-refractivity contribution is 7.22. The molecule has 0 bridgehead atoms. The summed E-state index contributed by atoms with van der Waals surface area (Å²) in [6.45, 7) is 5.85. The molecule has 1 saturated heterocycles. The number of hydrogen-bond acceptors (Lipinski definition) is 4. The lowest BCUT2D eigenvalue weighted by Crippen LogP contribution is -2.54. The van der Waals surface area contributed by atoms with Crippen LogP contribution in [0.15, 0.2) is 18.2 Å². The van der Waals surface area contributed by atoms with Gasteiger partial charge >= 0.3 is 6.18 Å². The number of piperazine rings is 1. The van der Waals surface area contributed by atoms with E-state index in [0.717, 1.165) is 24.3 Å². The van der Waals surface area contributed by atoms with E-state index in [4.69, 9.17) is 0 Å². The van der Waals surface area contributed by atoms with Crippen molar-refractivity contribution in [3.05, 3.63) is 23.8 Å². The molecule has 0 radical (unpaired) electrons. The molecule has 7 heteroatoms. The molecule has 21 heavy (non-hydrogen) atoms. The van der Waals surface area contributed by atoms with E-state index in [0.29, 0.717) is 16.3 Å². The van der Waals surface area contributed by atoms with Crippen LogP contribution >= 0.6 is 11.3 Å². The molecule has 1 aromatic heterocycles. The summed E-state index contributed by atoms with van der Waals surface area (Å²) in [4.78, 5) is 6.66. The number of thiazole rings is 1. The molecular formula is C14H16F3N3S. The van der Waals surface area contributed by atoms with Gasteiger partial charge in [-0.05, 0) is 32.0 Å². The van der Waals surface area contributed by atoms with Crippen LogP contribution in [-0.4, -0.2) is 30.2 Å². The number of fused-ring (bicyclic) bond motifs is 1. The van der Waals surface area contributed by atoms with Crippen LogP contribution < -0.4 is 10.2 Å². The van der Waals surface area contributed by atoms with E-state index in [-0.39, 0.29) is 6.04 Å². The largest absolute Gasteiger partial charge is 0.416 e. The van der Waals surface area contributed by atoms with Crippen LogP contribution in [0, 0.1) is 0 Å². The Morgan fingerprint density at radius 2 is 2.10 bits per heavy atom. The lowest BCUT2D eigenvalue weighted by molar-refractivity contribution is -0.137. The third-order valence-electron chi connectivity index (χ3n) is 3.71. The second-order valence-corrected chi connectivity index (χ2v) is 6.50. The molecule has 0 saturated carbocycles. The minimum atomic E-state index is -4.31. The van der Waals surface area contributed by atoms with Crippen LogP contribution in [0.2, 0.25) is 0 Å². The average Bonchev–Trinajstić information content (AvgIpc) is 2.83. The van der Waals surface area contributed by atoms with E-state index in [9.17, 15) is 13.2 Å². The molecule has 2 heterocycles. The van der Waals surface area contributed by atoms with Crippen LogP contribution in [0.5, 0.6) is 0 Å². The van der Waals surface area contributed by atoms with E-state index in [2.05, 4.69) is 29.0 Å². The van der Waals surface area contributed by atoms with Gasteiger partial charge in [0, 0.05) is 25.2 Å². The lowest BCUT2D eigenvalue weighted by Gasteiger charge is -2.37. The van der Waals surface area contributed by atoms with E-state index in [1.54, 1.807) is 0 Å².